The van der Waals surface area contributed by atoms with E-state index in [-0.39, 0.29) is 53.9 Å². The molecule has 0 radical (unpaired) electrons. The van der Waals surface area contributed by atoms with Crippen molar-refractivity contribution in [2.24, 2.45) is 23.7 Å². The van der Waals surface area contributed by atoms with Crippen molar-refractivity contribution in [2.75, 3.05) is 19.8 Å². The Morgan fingerprint density at radius 1 is 0.758 bits per heavy atom. The lowest BCUT2D eigenvalue weighted by molar-refractivity contribution is -0.145. The van der Waals surface area contributed by atoms with E-state index in [1.807, 2.05) is 65.3 Å². The Balaban J connectivity index is 0.810. The van der Waals surface area contributed by atoms with Crippen LogP contribution in [0.3, 0.4) is 0 Å². The lowest BCUT2D eigenvalue weighted by Crippen LogP contribution is -2.63. The number of halogens is 2. The molecule has 6 heterocycles. The molecule has 2 aromatic carbocycles. The van der Waals surface area contributed by atoms with Gasteiger partial charge in [0.15, 0.2) is 0 Å². The first-order valence-corrected chi connectivity index (χ1v) is 23.6. The molecule has 2 saturated carbocycles. The molecule has 0 spiro atoms. The molecule has 0 bridgehead atoms. The van der Waals surface area contributed by atoms with Gasteiger partial charge in [-0.25, -0.2) is 19.6 Å². The first kappa shape index (κ1) is 44.2. The van der Waals surface area contributed by atoms with Gasteiger partial charge in [0.25, 0.3) is 0 Å². The number of nitrogens with one attached hydrogen (secondary N) is 4. The summed E-state index contributed by atoms with van der Waals surface area (Å²) in [5, 5.41) is 25.3. The van der Waals surface area contributed by atoms with Crippen molar-refractivity contribution < 1.29 is 38.9 Å². The fraction of sp³-hybridized carbons (Fsp3) is 0.500. The number of rotatable bonds is 10. The fourth-order valence-corrected chi connectivity index (χ4v) is 11.6. The van der Waals surface area contributed by atoms with Crippen molar-refractivity contribution >= 4 is 47.2 Å². The van der Waals surface area contributed by atoms with Crippen molar-refractivity contribution in [1.29, 1.82) is 0 Å². The molecule has 18 heteroatoms. The number of likely N-dealkylation sites (tertiary alicyclic amines) is 2. The summed E-state index contributed by atoms with van der Waals surface area (Å²) in [4.78, 5) is 72.3. The zero-order valence-corrected chi connectivity index (χ0v) is 38.1. The minimum atomic E-state index is -1.32. The number of nitrogens with zero attached hydrogens (tertiary/aromatic N) is 4. The molecule has 6 fully saturated rings. The third-order valence-electron chi connectivity index (χ3n) is 14.7. The van der Waals surface area contributed by atoms with Gasteiger partial charge in [-0.3, -0.25) is 9.59 Å². The van der Waals surface area contributed by atoms with E-state index in [1.165, 1.54) is 0 Å². The van der Waals surface area contributed by atoms with Gasteiger partial charge in [-0.05, 0) is 113 Å². The van der Waals surface area contributed by atoms with E-state index in [0.717, 1.165) is 41.5 Å². The molecule has 2 aliphatic carbocycles. The number of H-pyrrole nitrogens is 2. The molecule has 346 valence electrons. The number of aromatic amines is 2. The fourth-order valence-electron chi connectivity index (χ4n) is 11.1. The predicted octanol–water partition coefficient (Wildman–Crippen LogP) is 7.40. The van der Waals surface area contributed by atoms with Crippen LogP contribution in [0.2, 0.25) is 10.3 Å². The Kier molecular flexibility index (Phi) is 11.8. The lowest BCUT2D eigenvalue weighted by Gasteiger charge is -2.43. The number of benzene rings is 2. The Labute approximate surface area is 391 Å². The van der Waals surface area contributed by atoms with Crippen LogP contribution in [0.15, 0.2) is 48.5 Å². The van der Waals surface area contributed by atoms with Crippen LogP contribution in [0, 0.1) is 35.5 Å². The smallest absolute Gasteiger partial charge is 0.405 e. The third kappa shape index (κ3) is 8.51. The molecule has 6 N–H and O–H groups in total. The molecule has 4 unspecified atom stereocenters. The van der Waals surface area contributed by atoms with Crippen LogP contribution in [0.1, 0.15) is 100 Å². The standard InChI is InChI=1S/C48H52Cl2N8O8/c1-24-19-32(15-18-66-24)48(2,56-47(63)64)45(60)58-34-21-31(34)23-36(58)43-52-38(41(50)55-43)28-11-7-26(8-12-28)4-3-25-5-9-27(10-6-25)37-40(49)54-42(51-37)35-22-30-20-33(30)57(35)44(59)39(53-46(61)62)29-13-16-65-17-14-29/h5-12,24,29-36,39,53,56H,13-23H2,1-2H3,(H,51,54)(H,52,55)(H,61,62)(H,63,64)/t24?,30-,31-,32?,33?,34?,35+,36+,39-,48-/m1/s1. The van der Waals surface area contributed by atoms with Gasteiger partial charge >= 0.3 is 12.2 Å². The topological polar surface area (TPSA) is 215 Å². The van der Waals surface area contributed by atoms with Gasteiger partial charge in [-0.1, -0.05) is 59.3 Å². The van der Waals surface area contributed by atoms with Gasteiger partial charge in [0.05, 0.1) is 18.2 Å². The van der Waals surface area contributed by atoms with Crippen LogP contribution in [-0.2, 0) is 19.1 Å². The number of ether oxygens (including phenoxy) is 2. The number of carbonyl (C=O) groups is 4. The minimum absolute atomic E-state index is 0.0249. The number of aromatic nitrogens is 4. The molecule has 66 heavy (non-hydrogen) atoms. The van der Waals surface area contributed by atoms with Crippen LogP contribution in [0.5, 0.6) is 0 Å². The molecule has 6 aliphatic rings. The van der Waals surface area contributed by atoms with E-state index in [1.54, 1.807) is 6.92 Å². The second-order valence-electron chi connectivity index (χ2n) is 19.0. The number of hydrogen-bond donors (Lipinski definition) is 6. The highest BCUT2D eigenvalue weighted by molar-refractivity contribution is 6.32. The van der Waals surface area contributed by atoms with Gasteiger partial charge in [0.2, 0.25) is 11.8 Å². The van der Waals surface area contributed by atoms with Gasteiger partial charge < -0.3 is 50.1 Å². The summed E-state index contributed by atoms with van der Waals surface area (Å²) in [5.41, 5.74) is 2.91. The van der Waals surface area contributed by atoms with Crippen molar-refractivity contribution in [2.45, 2.75) is 107 Å². The van der Waals surface area contributed by atoms with Gasteiger partial charge in [-0.2, -0.15) is 0 Å². The number of fused-ring (bicyclic) bond motifs is 2. The average molecular weight is 940 g/mol. The van der Waals surface area contributed by atoms with Crippen molar-refractivity contribution in [3.05, 3.63) is 81.6 Å². The quantitative estimate of drug-likeness (QED) is 0.0867. The van der Waals surface area contributed by atoms with Crippen LogP contribution in [-0.4, -0.2) is 114 Å². The monoisotopic (exact) mass is 938 g/mol. The van der Waals surface area contributed by atoms with Gasteiger partial charge in [0, 0.05) is 54.2 Å². The second-order valence-corrected chi connectivity index (χ2v) is 19.7. The number of amides is 4. The van der Waals surface area contributed by atoms with E-state index in [2.05, 4.69) is 32.4 Å². The van der Waals surface area contributed by atoms with E-state index >= 15 is 0 Å². The van der Waals surface area contributed by atoms with E-state index < -0.39 is 23.8 Å². The summed E-state index contributed by atoms with van der Waals surface area (Å²) in [6, 6.07) is 13.7. The first-order chi connectivity index (χ1) is 31.7. The maximum atomic E-state index is 14.5. The van der Waals surface area contributed by atoms with Crippen LogP contribution >= 0.6 is 23.2 Å². The summed E-state index contributed by atoms with van der Waals surface area (Å²) < 4.78 is 11.2. The molecule has 4 aromatic rings. The number of piperidine rings is 2. The van der Waals surface area contributed by atoms with Gasteiger partial charge in [0.1, 0.15) is 44.9 Å². The minimum Gasteiger partial charge on any atom is -0.465 e. The third-order valence-corrected chi connectivity index (χ3v) is 15.3. The summed E-state index contributed by atoms with van der Waals surface area (Å²) in [5.74, 6) is 7.44. The maximum Gasteiger partial charge on any atom is 0.405 e. The normalized spacial score (nSPS) is 28.0. The number of hydrogen-bond acceptors (Lipinski definition) is 8. The summed E-state index contributed by atoms with van der Waals surface area (Å²) in [6.07, 6.45) is 3.05. The number of carbonyl (C=O) groups excluding carboxylic acids is 2. The molecule has 10 atom stereocenters. The first-order valence-electron chi connectivity index (χ1n) is 22.8. The number of imidazole rings is 2. The summed E-state index contributed by atoms with van der Waals surface area (Å²) in [6.45, 7) is 5.11. The highest BCUT2D eigenvalue weighted by Gasteiger charge is 2.60. The highest BCUT2D eigenvalue weighted by Crippen LogP contribution is 2.55. The zero-order chi connectivity index (χ0) is 46.0. The highest BCUT2D eigenvalue weighted by atomic mass is 35.5. The van der Waals surface area contributed by atoms with E-state index in [0.29, 0.717) is 97.1 Å². The Hall–Kier alpha value is -5.60. The molecule has 2 aromatic heterocycles. The van der Waals surface area contributed by atoms with Crippen molar-refractivity contribution in [1.82, 2.24) is 40.4 Å². The lowest BCUT2D eigenvalue weighted by atomic mass is 9.77. The average Bonchev–Trinajstić information content (AvgIpc) is 4.02. The Morgan fingerprint density at radius 2 is 1.29 bits per heavy atom. The van der Waals surface area contributed by atoms with Crippen LogP contribution in [0.4, 0.5) is 9.59 Å². The largest absolute Gasteiger partial charge is 0.465 e. The van der Waals surface area contributed by atoms with Crippen LogP contribution < -0.4 is 10.6 Å². The molecule has 4 amide bonds. The zero-order valence-electron chi connectivity index (χ0n) is 36.6. The predicted molar refractivity (Wildman–Crippen MR) is 242 cm³/mol. The maximum absolute atomic E-state index is 14.5. The Bertz CT molecular complexity index is 2600. The van der Waals surface area contributed by atoms with E-state index in [9.17, 15) is 29.4 Å². The van der Waals surface area contributed by atoms with Crippen LogP contribution in [0.25, 0.3) is 22.5 Å². The second kappa shape index (κ2) is 17.6. The van der Waals surface area contributed by atoms with Crippen molar-refractivity contribution in [3.63, 3.8) is 0 Å². The summed E-state index contributed by atoms with van der Waals surface area (Å²) in [7, 11) is 0. The molecular weight excluding hydrogens is 887 g/mol. The number of carboxylic acid groups (broad SMARTS) is 2. The molecule has 10 rings (SSSR count). The van der Waals surface area contributed by atoms with E-state index in [4.69, 9.17) is 42.6 Å². The molecule has 4 saturated heterocycles. The SMILES string of the molecule is CC1CC([C@@](C)(NC(=O)O)C(=O)N2C3C[C@@H]3C[C@H]2c2nc(-c3ccc(C#Cc4ccc(-c5nc([C@@H]6C[C@H]7CC7N6C(=O)[C@H](NC(=O)O)C6CCOCC6)[nH]c5Cl)cc4)cc3)c(Cl)[nH]2)CCO1. The van der Waals surface area contributed by atoms with Gasteiger partial charge in [-0.15, -0.1) is 0 Å². The summed E-state index contributed by atoms with van der Waals surface area (Å²) >= 11 is 13.5. The molecular formula is C48H52Cl2N8O8. The molecule has 4 aliphatic heterocycles. The molecule has 16 nitrogen and oxygen atoms in total. The van der Waals surface area contributed by atoms with Crippen molar-refractivity contribution in [3.8, 4) is 34.4 Å². The Morgan fingerprint density at radius 3 is 1.80 bits per heavy atom.